The summed E-state index contributed by atoms with van der Waals surface area (Å²) >= 11 is 0. The van der Waals surface area contributed by atoms with E-state index in [1.165, 1.54) is 43.1 Å². The molecule has 0 amide bonds. The molecule has 0 aliphatic heterocycles. The number of hydrogen-bond acceptors (Lipinski definition) is 2. The molecule has 3 nitrogen and oxygen atoms in total. The van der Waals surface area contributed by atoms with E-state index in [1.807, 2.05) is 49.6 Å². The Morgan fingerprint density at radius 1 is 0.893 bits per heavy atom. The van der Waals surface area contributed by atoms with E-state index < -0.39 is 0 Å². The summed E-state index contributed by atoms with van der Waals surface area (Å²) in [6, 6.07) is 14.2. The smallest absolute Gasteiger partial charge is 0.115 e. The molecule has 0 bridgehead atoms. The van der Waals surface area contributed by atoms with Gasteiger partial charge in [-0.2, -0.15) is 0 Å². The lowest BCUT2D eigenvalue weighted by atomic mass is 10.2. The normalized spacial score (nSPS) is 11.1. The lowest BCUT2D eigenvalue weighted by Gasteiger charge is -1.82. The molecule has 1 aliphatic carbocycles. The van der Waals surface area contributed by atoms with Gasteiger partial charge < -0.3 is 4.98 Å². The van der Waals surface area contributed by atoms with Crippen molar-refractivity contribution in [3.63, 3.8) is 0 Å². The summed E-state index contributed by atoms with van der Waals surface area (Å²) < 4.78 is 0. The zero-order valence-corrected chi connectivity index (χ0v) is 18.7. The van der Waals surface area contributed by atoms with Crippen LogP contribution in [0, 0.1) is 26.7 Å². The molecule has 1 aliphatic rings. The average Bonchev–Trinajstić information content (AvgIpc) is 3.35. The Balaban J connectivity index is 0.000000332. The fraction of sp³-hybridized carbons (Fsp3) is 0.440. The molecule has 3 heteroatoms. The molecule has 2 aromatic heterocycles. The van der Waals surface area contributed by atoms with Gasteiger partial charge in [0.05, 0.1) is 0 Å². The Bertz CT molecular complexity index is 605. The molecule has 1 saturated carbocycles. The van der Waals surface area contributed by atoms with Crippen LogP contribution in [0.2, 0.25) is 0 Å². The van der Waals surface area contributed by atoms with Gasteiger partial charge in [0.15, 0.2) is 0 Å². The summed E-state index contributed by atoms with van der Waals surface area (Å²) in [4.78, 5) is 10.5. The van der Waals surface area contributed by atoms with Crippen molar-refractivity contribution in [3.8, 4) is 0 Å². The van der Waals surface area contributed by atoms with Crippen LogP contribution in [0.5, 0.6) is 0 Å². The van der Waals surface area contributed by atoms with Gasteiger partial charge >= 0.3 is 0 Å². The second kappa shape index (κ2) is 18.0. The van der Waals surface area contributed by atoms with Gasteiger partial charge in [0.25, 0.3) is 0 Å². The van der Waals surface area contributed by atoms with Crippen LogP contribution in [0.4, 0.5) is 0 Å². The summed E-state index contributed by atoms with van der Waals surface area (Å²) in [6.07, 6.45) is 12.7. The van der Waals surface area contributed by atoms with Crippen LogP contribution in [0.15, 0.2) is 67.4 Å². The Morgan fingerprint density at radius 3 is 1.68 bits per heavy atom. The van der Waals surface area contributed by atoms with E-state index in [4.69, 9.17) is 0 Å². The number of aromatic nitrogens is 3. The summed E-state index contributed by atoms with van der Waals surface area (Å²) in [7, 11) is 0. The number of aryl methyl sites for hydroxylation is 3. The predicted octanol–water partition coefficient (Wildman–Crippen LogP) is 7.33. The van der Waals surface area contributed by atoms with Crippen molar-refractivity contribution in [1.29, 1.82) is 0 Å². The highest BCUT2D eigenvalue weighted by Crippen LogP contribution is 2.26. The molecule has 2 heterocycles. The second-order valence-corrected chi connectivity index (χ2v) is 7.08. The highest BCUT2D eigenvalue weighted by Gasteiger charge is 2.12. The lowest BCUT2D eigenvalue weighted by molar-refractivity contribution is 0.886. The van der Waals surface area contributed by atoms with Crippen molar-refractivity contribution in [2.24, 2.45) is 5.92 Å². The summed E-state index contributed by atoms with van der Waals surface area (Å²) in [5, 5.41) is 0. The Hall–Kier alpha value is -2.42. The number of hydrogen-bond donors (Lipinski definition) is 1. The second-order valence-electron chi connectivity index (χ2n) is 7.08. The topological polar surface area (TPSA) is 41.6 Å². The molecule has 0 spiro atoms. The van der Waals surface area contributed by atoms with Gasteiger partial charge in [-0.1, -0.05) is 82.3 Å². The van der Waals surface area contributed by atoms with Crippen molar-refractivity contribution < 1.29 is 0 Å². The summed E-state index contributed by atoms with van der Waals surface area (Å²) in [5.74, 6) is 1.08. The van der Waals surface area contributed by atoms with E-state index in [-0.39, 0.29) is 0 Å². The third-order valence-electron chi connectivity index (χ3n) is 3.79. The van der Waals surface area contributed by atoms with E-state index in [1.54, 1.807) is 6.20 Å². The van der Waals surface area contributed by atoms with E-state index in [0.717, 1.165) is 11.6 Å². The molecule has 1 aromatic carbocycles. The highest BCUT2D eigenvalue weighted by molar-refractivity contribution is 5.11. The molecule has 1 fully saturated rings. The minimum absolute atomic E-state index is 1.01. The zero-order valence-electron chi connectivity index (χ0n) is 18.7. The predicted molar refractivity (Wildman–Crippen MR) is 122 cm³/mol. The number of H-pyrrole nitrogens is 1. The average molecular weight is 382 g/mol. The first kappa shape index (κ1) is 25.6. The van der Waals surface area contributed by atoms with Crippen molar-refractivity contribution in [2.45, 2.75) is 67.2 Å². The van der Waals surface area contributed by atoms with E-state index in [0.29, 0.717) is 0 Å². The number of unbranched alkanes of at least 4 members (excludes halogenated alkanes) is 1. The van der Waals surface area contributed by atoms with Crippen LogP contribution in [0.1, 0.15) is 63.3 Å². The van der Waals surface area contributed by atoms with Crippen molar-refractivity contribution in [2.75, 3.05) is 0 Å². The minimum atomic E-state index is 1.01. The Labute approximate surface area is 172 Å². The van der Waals surface area contributed by atoms with Crippen LogP contribution in [-0.2, 0) is 0 Å². The maximum absolute atomic E-state index is 3.87. The van der Waals surface area contributed by atoms with Gasteiger partial charge in [0.1, 0.15) is 6.33 Å². The fourth-order valence-electron chi connectivity index (χ4n) is 1.47. The molecular weight excluding hydrogens is 342 g/mol. The lowest BCUT2D eigenvalue weighted by Crippen LogP contribution is -1.77. The van der Waals surface area contributed by atoms with Gasteiger partial charge in [-0.3, -0.25) is 0 Å². The van der Waals surface area contributed by atoms with Crippen molar-refractivity contribution >= 4 is 0 Å². The van der Waals surface area contributed by atoms with Crippen LogP contribution in [-0.4, -0.2) is 15.0 Å². The molecular formula is C25H39N3. The quantitative estimate of drug-likeness (QED) is 0.479. The van der Waals surface area contributed by atoms with E-state index in [9.17, 15) is 0 Å². The van der Waals surface area contributed by atoms with Crippen molar-refractivity contribution in [1.82, 2.24) is 15.0 Å². The maximum atomic E-state index is 3.87. The van der Waals surface area contributed by atoms with Crippen LogP contribution in [0.3, 0.4) is 0 Å². The monoisotopic (exact) mass is 381 g/mol. The molecule has 3 aromatic rings. The number of aromatic amines is 1. The Kier molecular flexibility index (Phi) is 16.4. The third-order valence-corrected chi connectivity index (χ3v) is 3.79. The molecule has 4 rings (SSSR count). The van der Waals surface area contributed by atoms with E-state index >= 15 is 0 Å². The van der Waals surface area contributed by atoms with Gasteiger partial charge in [-0.15, -0.1) is 0 Å². The number of benzene rings is 1. The standard InChI is InChI=1S/C7H8.C5H6N2.C5H7N.C4H8.C4H10/c1-7-5-3-2-4-6-7;1-5-2-3-6-4-7-5;1-5-2-3-6-4-5;1-4-2-3-4;1-3-4-2/h2-6H,1H3;2-4H,1H3;2-4,6H,1H3;4H,2-3H2,1H3;3-4H2,1-2H3. The summed E-state index contributed by atoms with van der Waals surface area (Å²) in [5.41, 5.74) is 3.62. The molecule has 0 atom stereocenters. The number of nitrogens with one attached hydrogen (secondary N) is 1. The van der Waals surface area contributed by atoms with Crippen molar-refractivity contribution in [3.05, 3.63) is 84.2 Å². The highest BCUT2D eigenvalue weighted by atomic mass is 14.8. The fourth-order valence-corrected chi connectivity index (χ4v) is 1.47. The van der Waals surface area contributed by atoms with Crippen LogP contribution in [0.25, 0.3) is 0 Å². The number of nitrogens with zero attached hydrogens (tertiary/aromatic N) is 2. The van der Waals surface area contributed by atoms with E-state index in [2.05, 4.69) is 61.7 Å². The minimum Gasteiger partial charge on any atom is -0.367 e. The SMILES string of the molecule is CC1CC1.CCCC.Cc1cc[nH]c1.Cc1ccccc1.Cc1ccncn1. The first-order valence-electron chi connectivity index (χ1n) is 10.3. The van der Waals surface area contributed by atoms with Gasteiger partial charge in [-0.05, 0) is 44.4 Å². The summed E-state index contributed by atoms with van der Waals surface area (Å²) in [6.45, 7) is 12.7. The van der Waals surface area contributed by atoms with Crippen LogP contribution >= 0.6 is 0 Å². The first-order valence-corrected chi connectivity index (χ1v) is 10.3. The maximum Gasteiger partial charge on any atom is 0.115 e. The molecule has 0 saturated heterocycles. The largest absolute Gasteiger partial charge is 0.367 e. The Morgan fingerprint density at radius 2 is 1.50 bits per heavy atom. The van der Waals surface area contributed by atoms with Crippen LogP contribution < -0.4 is 0 Å². The molecule has 1 N–H and O–H groups in total. The number of rotatable bonds is 1. The molecule has 154 valence electrons. The third kappa shape index (κ3) is 19.9. The first-order chi connectivity index (χ1) is 13.5. The van der Waals surface area contributed by atoms with Gasteiger partial charge in [0.2, 0.25) is 0 Å². The van der Waals surface area contributed by atoms with Gasteiger partial charge in [0, 0.05) is 24.3 Å². The zero-order chi connectivity index (χ0) is 21.0. The molecule has 0 unspecified atom stereocenters. The molecule has 0 radical (unpaired) electrons. The van der Waals surface area contributed by atoms with Gasteiger partial charge in [-0.25, -0.2) is 9.97 Å². The molecule has 28 heavy (non-hydrogen) atoms.